The average Bonchev–Trinajstić information content (AvgIpc) is 2.78. The number of carbonyl (C=O) groups is 2. The van der Waals surface area contributed by atoms with Crippen LogP contribution in [-0.4, -0.2) is 68.6 Å². The van der Waals surface area contributed by atoms with Crippen LogP contribution in [0.5, 0.6) is 5.75 Å². The van der Waals surface area contributed by atoms with E-state index < -0.39 is 16.1 Å². The molecule has 2 aromatic rings. The van der Waals surface area contributed by atoms with Crippen LogP contribution < -0.4 is 15.4 Å². The lowest BCUT2D eigenvalue weighted by molar-refractivity contribution is -0.121. The molecular formula is C25H35N3O3S. The van der Waals surface area contributed by atoms with Crippen LogP contribution >= 0.6 is 10.0 Å². The molecule has 1 heterocycles. The Kier molecular flexibility index (Phi) is 8.34. The fourth-order valence-electron chi connectivity index (χ4n) is 3.71. The first-order valence-corrected chi connectivity index (χ1v) is 13.8. The highest BCUT2D eigenvalue weighted by atomic mass is 32.3. The first kappa shape index (κ1) is 24.3. The molecular weight excluding hydrogens is 422 g/mol. The van der Waals surface area contributed by atoms with Gasteiger partial charge in [0.15, 0.2) is 0 Å². The summed E-state index contributed by atoms with van der Waals surface area (Å²) in [5.41, 5.74) is 1.67. The Morgan fingerprint density at radius 3 is 2.22 bits per heavy atom. The van der Waals surface area contributed by atoms with Gasteiger partial charge in [0.25, 0.3) is 0 Å². The van der Waals surface area contributed by atoms with Gasteiger partial charge < -0.3 is 20.3 Å². The Balaban J connectivity index is 1.67. The van der Waals surface area contributed by atoms with Crippen molar-refractivity contribution in [3.8, 4) is 5.75 Å². The highest BCUT2D eigenvalue weighted by molar-refractivity contribution is 8.32. The van der Waals surface area contributed by atoms with Crippen molar-refractivity contribution in [2.45, 2.75) is 23.8 Å². The number of ketones is 1. The number of benzene rings is 2. The van der Waals surface area contributed by atoms with E-state index in [9.17, 15) is 9.59 Å². The molecule has 7 heteroatoms. The zero-order valence-corrected chi connectivity index (χ0v) is 20.3. The summed E-state index contributed by atoms with van der Waals surface area (Å²) in [6.45, 7) is 3.05. The van der Waals surface area contributed by atoms with Crippen LogP contribution in [0.25, 0.3) is 0 Å². The maximum Gasteiger partial charge on any atom is 0.246 e. The highest BCUT2D eigenvalue weighted by Gasteiger charge is 2.22. The van der Waals surface area contributed by atoms with E-state index in [1.165, 1.54) is 4.90 Å². The normalized spacial score (nSPS) is 16.4. The van der Waals surface area contributed by atoms with E-state index in [0.717, 1.165) is 36.6 Å². The van der Waals surface area contributed by atoms with Gasteiger partial charge in [0.2, 0.25) is 5.91 Å². The second-order valence-electron chi connectivity index (χ2n) is 8.89. The first-order valence-electron chi connectivity index (χ1n) is 11.0. The number of nitrogens with one attached hydrogen (secondary N) is 2. The molecule has 0 aromatic heterocycles. The summed E-state index contributed by atoms with van der Waals surface area (Å²) in [6.07, 6.45) is 8.00. The van der Waals surface area contributed by atoms with Crippen LogP contribution in [0.2, 0.25) is 0 Å². The molecule has 1 saturated heterocycles. The molecule has 1 atom stereocenters. The third-order valence-electron chi connectivity index (χ3n) is 5.73. The Morgan fingerprint density at radius 1 is 1.03 bits per heavy atom. The van der Waals surface area contributed by atoms with E-state index in [2.05, 4.69) is 46.4 Å². The quantitative estimate of drug-likeness (QED) is 0.601. The summed E-state index contributed by atoms with van der Waals surface area (Å²) in [5.74, 6) is 0.995. The van der Waals surface area contributed by atoms with Crippen LogP contribution in [0, 0.1) is 0 Å². The minimum atomic E-state index is -0.803. The largest absolute Gasteiger partial charge is 0.497 e. The molecule has 6 nitrogen and oxygen atoms in total. The van der Waals surface area contributed by atoms with Gasteiger partial charge in [-0.05, 0) is 65.6 Å². The van der Waals surface area contributed by atoms with Crippen LogP contribution in [0.1, 0.15) is 24.4 Å². The predicted molar refractivity (Wildman–Crippen MR) is 133 cm³/mol. The third kappa shape index (κ3) is 6.82. The number of anilines is 1. The van der Waals surface area contributed by atoms with E-state index in [1.807, 2.05) is 36.4 Å². The lowest BCUT2D eigenvalue weighted by Gasteiger charge is -2.27. The maximum atomic E-state index is 13.2. The van der Waals surface area contributed by atoms with Crippen molar-refractivity contribution < 1.29 is 14.3 Å². The zero-order chi connectivity index (χ0) is 23.1. The Bertz CT molecular complexity index is 898. The number of Topliss-reactive ketones (excluding diaryl/α,β-unsaturated/α-hetero) is 1. The number of nitrogens with zero attached hydrogens (tertiary/aromatic N) is 1. The van der Waals surface area contributed by atoms with Crippen molar-refractivity contribution in [3.05, 3.63) is 54.1 Å². The third-order valence-corrected chi connectivity index (χ3v) is 7.42. The number of ether oxygens (including phenoxy) is 1. The molecule has 3 rings (SSSR count). The average molecular weight is 458 g/mol. The standard InChI is InChI=1S/C25H35N3O3S/c1-31-22-9-5-19(6-10-22)24(26-15-18-28-16-13-21(29)14-17-28)25(30)27-20-7-11-23(12-8-20)32(2,3)4/h5-12,24,26H,13-18H2,1-4H3,(H,27,30). The van der Waals surface area contributed by atoms with Crippen molar-refractivity contribution in [3.63, 3.8) is 0 Å². The van der Waals surface area contributed by atoms with Crippen LogP contribution in [0.3, 0.4) is 0 Å². The highest BCUT2D eigenvalue weighted by Crippen LogP contribution is 2.45. The van der Waals surface area contributed by atoms with Crippen molar-refractivity contribution in [1.29, 1.82) is 0 Å². The minimum absolute atomic E-state index is 0.0974. The van der Waals surface area contributed by atoms with Gasteiger partial charge in [-0.1, -0.05) is 12.1 Å². The minimum Gasteiger partial charge on any atom is -0.497 e. The molecule has 2 N–H and O–H groups in total. The van der Waals surface area contributed by atoms with Crippen LogP contribution in [0.15, 0.2) is 53.4 Å². The summed E-state index contributed by atoms with van der Waals surface area (Å²) in [4.78, 5) is 28.3. The van der Waals surface area contributed by atoms with E-state index in [-0.39, 0.29) is 5.91 Å². The summed E-state index contributed by atoms with van der Waals surface area (Å²) < 4.78 is 5.26. The SMILES string of the molecule is COc1ccc(C(NCCN2CCC(=O)CC2)C(=O)Nc2ccc(S(C)(C)C)cc2)cc1. The molecule has 1 amide bonds. The molecule has 1 aliphatic heterocycles. The Morgan fingerprint density at radius 2 is 1.66 bits per heavy atom. The molecule has 174 valence electrons. The topological polar surface area (TPSA) is 70.7 Å². The summed E-state index contributed by atoms with van der Waals surface area (Å²) in [5, 5.41) is 6.47. The summed E-state index contributed by atoms with van der Waals surface area (Å²) in [6, 6.07) is 15.2. The van der Waals surface area contributed by atoms with E-state index >= 15 is 0 Å². The number of carbonyl (C=O) groups excluding carboxylic acids is 2. The van der Waals surface area contributed by atoms with Gasteiger partial charge in [-0.25, -0.2) is 10.0 Å². The number of hydrogen-bond donors (Lipinski definition) is 2. The summed E-state index contributed by atoms with van der Waals surface area (Å²) >= 11 is 0. The molecule has 1 fully saturated rings. The van der Waals surface area contributed by atoms with Crippen LogP contribution in [-0.2, 0) is 9.59 Å². The number of hydrogen-bond acceptors (Lipinski definition) is 5. The van der Waals surface area contributed by atoms with Gasteiger partial charge >= 0.3 is 0 Å². The van der Waals surface area contributed by atoms with Gasteiger partial charge in [-0.15, -0.1) is 0 Å². The smallest absolute Gasteiger partial charge is 0.246 e. The van der Waals surface area contributed by atoms with Crippen molar-refractivity contribution >= 4 is 27.4 Å². The molecule has 0 spiro atoms. The van der Waals surface area contributed by atoms with Gasteiger partial charge in [-0.3, -0.25) is 9.59 Å². The van der Waals surface area contributed by atoms with E-state index in [1.54, 1.807) is 7.11 Å². The zero-order valence-electron chi connectivity index (χ0n) is 19.5. The fourth-order valence-corrected chi connectivity index (χ4v) is 4.66. The monoisotopic (exact) mass is 457 g/mol. The number of methoxy groups -OCH3 is 1. The van der Waals surface area contributed by atoms with Gasteiger partial charge in [-0.2, -0.15) is 0 Å². The number of amides is 1. The van der Waals surface area contributed by atoms with Crippen LogP contribution in [0.4, 0.5) is 5.69 Å². The Labute approximate surface area is 193 Å². The second-order valence-corrected chi connectivity index (χ2v) is 13.0. The number of rotatable bonds is 9. The van der Waals surface area contributed by atoms with E-state index in [4.69, 9.17) is 4.74 Å². The van der Waals surface area contributed by atoms with Crippen molar-refractivity contribution in [2.24, 2.45) is 0 Å². The predicted octanol–water partition coefficient (Wildman–Crippen LogP) is 3.68. The van der Waals surface area contributed by atoms with E-state index in [0.29, 0.717) is 25.2 Å². The molecule has 2 aromatic carbocycles. The summed E-state index contributed by atoms with van der Waals surface area (Å²) in [7, 11) is 0.826. The first-order chi connectivity index (χ1) is 15.3. The van der Waals surface area contributed by atoms with Crippen molar-refractivity contribution in [2.75, 3.05) is 57.4 Å². The second kappa shape index (κ2) is 11.0. The molecule has 32 heavy (non-hydrogen) atoms. The molecule has 0 bridgehead atoms. The molecule has 0 saturated carbocycles. The molecule has 0 radical (unpaired) electrons. The lowest BCUT2D eigenvalue weighted by Crippen LogP contribution is -2.41. The molecule has 0 aliphatic carbocycles. The fraction of sp³-hybridized carbons (Fsp3) is 0.440. The van der Waals surface area contributed by atoms with Crippen molar-refractivity contribution in [1.82, 2.24) is 10.2 Å². The van der Waals surface area contributed by atoms with Gasteiger partial charge in [0.1, 0.15) is 17.6 Å². The number of piperidine rings is 1. The number of likely N-dealkylation sites (tertiary alicyclic amines) is 1. The van der Waals surface area contributed by atoms with Gasteiger partial charge in [0, 0.05) is 44.7 Å². The molecule has 1 aliphatic rings. The van der Waals surface area contributed by atoms with Gasteiger partial charge in [0.05, 0.1) is 7.11 Å². The maximum absolute atomic E-state index is 13.2. The lowest BCUT2D eigenvalue weighted by atomic mass is 10.1. The molecule has 1 unspecified atom stereocenters. The Hall–Kier alpha value is -2.35.